The Bertz CT molecular complexity index is 487. The van der Waals surface area contributed by atoms with Crippen molar-refractivity contribution in [3.8, 4) is 0 Å². The van der Waals surface area contributed by atoms with E-state index in [1.54, 1.807) is 13.8 Å². The van der Waals surface area contributed by atoms with Gasteiger partial charge in [-0.05, 0) is 49.1 Å². The molecule has 84 valence electrons. The standard InChI is InChI=1S/C13H13BrO2/c1-13(2,12(15)16)11-6-3-8-7-9(14)4-5-10(8)11/h4-7H,3H2,1-2H3,(H,15,16). The largest absolute Gasteiger partial charge is 0.481 e. The van der Waals surface area contributed by atoms with Crippen LogP contribution in [-0.4, -0.2) is 11.1 Å². The number of carbonyl (C=O) groups is 1. The van der Waals surface area contributed by atoms with Crippen LogP contribution in [0.3, 0.4) is 0 Å². The molecule has 1 aliphatic carbocycles. The summed E-state index contributed by atoms with van der Waals surface area (Å²) in [5.41, 5.74) is 2.36. The van der Waals surface area contributed by atoms with Crippen molar-refractivity contribution in [2.45, 2.75) is 20.3 Å². The Kier molecular flexibility index (Phi) is 2.66. The number of benzene rings is 1. The quantitative estimate of drug-likeness (QED) is 0.900. The summed E-state index contributed by atoms with van der Waals surface area (Å²) in [6, 6.07) is 6.00. The number of hydrogen-bond acceptors (Lipinski definition) is 1. The number of allylic oxidation sites excluding steroid dienone is 1. The highest BCUT2D eigenvalue weighted by molar-refractivity contribution is 9.10. The molecule has 0 fully saturated rings. The summed E-state index contributed by atoms with van der Waals surface area (Å²) in [6.07, 6.45) is 2.84. The third-order valence-electron chi connectivity index (χ3n) is 3.09. The molecule has 0 bridgehead atoms. The minimum absolute atomic E-state index is 0.783. The summed E-state index contributed by atoms with van der Waals surface area (Å²) in [4.78, 5) is 11.2. The lowest BCUT2D eigenvalue weighted by Crippen LogP contribution is -2.24. The van der Waals surface area contributed by atoms with E-state index in [9.17, 15) is 9.90 Å². The molecule has 0 aliphatic heterocycles. The maximum absolute atomic E-state index is 11.2. The van der Waals surface area contributed by atoms with Crippen LogP contribution in [0.15, 0.2) is 28.7 Å². The normalized spacial score (nSPS) is 14.6. The number of hydrogen-bond donors (Lipinski definition) is 1. The van der Waals surface area contributed by atoms with Crippen molar-refractivity contribution < 1.29 is 9.90 Å². The maximum atomic E-state index is 11.2. The molecule has 1 aromatic carbocycles. The van der Waals surface area contributed by atoms with Crippen molar-refractivity contribution in [1.29, 1.82) is 0 Å². The molecule has 0 spiro atoms. The molecule has 0 radical (unpaired) electrons. The van der Waals surface area contributed by atoms with Gasteiger partial charge in [0.2, 0.25) is 0 Å². The van der Waals surface area contributed by atoms with E-state index in [1.165, 1.54) is 5.56 Å². The molecule has 2 rings (SSSR count). The molecule has 1 aliphatic rings. The van der Waals surface area contributed by atoms with Crippen molar-refractivity contribution in [1.82, 2.24) is 0 Å². The Morgan fingerprint density at radius 1 is 1.44 bits per heavy atom. The molecule has 2 nitrogen and oxygen atoms in total. The Morgan fingerprint density at radius 2 is 2.12 bits per heavy atom. The van der Waals surface area contributed by atoms with Crippen molar-refractivity contribution in [2.24, 2.45) is 5.41 Å². The second-order valence-corrected chi connectivity index (χ2v) is 5.47. The van der Waals surface area contributed by atoms with Gasteiger partial charge in [-0.3, -0.25) is 4.79 Å². The smallest absolute Gasteiger partial charge is 0.313 e. The number of halogens is 1. The average Bonchev–Trinajstić information content (AvgIpc) is 2.60. The van der Waals surface area contributed by atoms with Crippen molar-refractivity contribution in [3.63, 3.8) is 0 Å². The zero-order valence-corrected chi connectivity index (χ0v) is 10.8. The van der Waals surface area contributed by atoms with Crippen LogP contribution in [0.2, 0.25) is 0 Å². The molecule has 0 saturated heterocycles. The number of fused-ring (bicyclic) bond motifs is 1. The summed E-state index contributed by atoms with van der Waals surface area (Å²) < 4.78 is 1.04. The summed E-state index contributed by atoms with van der Waals surface area (Å²) in [5.74, 6) is -0.783. The van der Waals surface area contributed by atoms with Crippen LogP contribution < -0.4 is 0 Å². The predicted molar refractivity (Wildman–Crippen MR) is 67.2 cm³/mol. The lowest BCUT2D eigenvalue weighted by Gasteiger charge is -2.22. The molecule has 0 heterocycles. The van der Waals surface area contributed by atoms with E-state index in [4.69, 9.17) is 0 Å². The van der Waals surface area contributed by atoms with Crippen LogP contribution in [0.4, 0.5) is 0 Å². The summed E-state index contributed by atoms with van der Waals surface area (Å²) in [7, 11) is 0. The van der Waals surface area contributed by atoms with E-state index in [2.05, 4.69) is 22.0 Å². The SMILES string of the molecule is CC(C)(C(=O)O)C1=CCc2cc(Br)ccc21. The molecule has 0 aromatic heterocycles. The van der Waals surface area contributed by atoms with Crippen molar-refractivity contribution in [3.05, 3.63) is 39.9 Å². The topological polar surface area (TPSA) is 37.3 Å². The molecular weight excluding hydrogens is 268 g/mol. The second-order valence-electron chi connectivity index (χ2n) is 4.55. The Balaban J connectivity index is 2.47. The van der Waals surface area contributed by atoms with Gasteiger partial charge in [0.05, 0.1) is 5.41 Å². The van der Waals surface area contributed by atoms with Crippen LogP contribution in [0.1, 0.15) is 25.0 Å². The van der Waals surface area contributed by atoms with Crippen LogP contribution in [0, 0.1) is 5.41 Å². The van der Waals surface area contributed by atoms with Gasteiger partial charge in [-0.25, -0.2) is 0 Å². The highest BCUT2D eigenvalue weighted by Crippen LogP contribution is 2.41. The highest BCUT2D eigenvalue weighted by atomic mass is 79.9. The van der Waals surface area contributed by atoms with Gasteiger partial charge in [0.15, 0.2) is 0 Å². The van der Waals surface area contributed by atoms with E-state index < -0.39 is 11.4 Å². The molecule has 0 atom stereocenters. The molecule has 0 amide bonds. The molecule has 1 N–H and O–H groups in total. The molecule has 0 saturated carbocycles. The van der Waals surface area contributed by atoms with E-state index in [1.807, 2.05) is 18.2 Å². The monoisotopic (exact) mass is 280 g/mol. The Labute approximate surface area is 103 Å². The minimum atomic E-state index is -0.820. The lowest BCUT2D eigenvalue weighted by atomic mass is 9.81. The van der Waals surface area contributed by atoms with Gasteiger partial charge in [0, 0.05) is 4.47 Å². The van der Waals surface area contributed by atoms with Gasteiger partial charge in [0.1, 0.15) is 0 Å². The first-order valence-corrected chi connectivity index (χ1v) is 5.95. The van der Waals surface area contributed by atoms with Crippen molar-refractivity contribution in [2.75, 3.05) is 0 Å². The zero-order valence-electron chi connectivity index (χ0n) is 9.25. The van der Waals surface area contributed by atoms with Gasteiger partial charge in [-0.2, -0.15) is 0 Å². The highest BCUT2D eigenvalue weighted by Gasteiger charge is 2.35. The van der Waals surface area contributed by atoms with Crippen LogP contribution in [0.25, 0.3) is 5.57 Å². The van der Waals surface area contributed by atoms with E-state index >= 15 is 0 Å². The number of aliphatic carboxylic acids is 1. The average molecular weight is 281 g/mol. The van der Waals surface area contributed by atoms with E-state index in [-0.39, 0.29) is 0 Å². The maximum Gasteiger partial charge on any atom is 0.313 e. The Hall–Kier alpha value is -1.09. The van der Waals surface area contributed by atoms with Gasteiger partial charge in [-0.15, -0.1) is 0 Å². The predicted octanol–water partition coefficient (Wildman–Crippen LogP) is 3.50. The van der Waals surface area contributed by atoms with Gasteiger partial charge < -0.3 is 5.11 Å². The number of carboxylic acids is 1. The first-order chi connectivity index (χ1) is 7.43. The minimum Gasteiger partial charge on any atom is -0.481 e. The van der Waals surface area contributed by atoms with E-state index in [0.717, 1.165) is 22.0 Å². The molecule has 1 aromatic rings. The first-order valence-electron chi connectivity index (χ1n) is 5.16. The van der Waals surface area contributed by atoms with Crippen LogP contribution in [-0.2, 0) is 11.2 Å². The zero-order chi connectivity index (χ0) is 11.9. The summed E-state index contributed by atoms with van der Waals surface area (Å²) in [5, 5.41) is 9.23. The van der Waals surface area contributed by atoms with E-state index in [0.29, 0.717) is 0 Å². The summed E-state index contributed by atoms with van der Waals surface area (Å²) in [6.45, 7) is 3.50. The van der Waals surface area contributed by atoms with Gasteiger partial charge >= 0.3 is 5.97 Å². The van der Waals surface area contributed by atoms with Gasteiger partial charge in [0.25, 0.3) is 0 Å². The third-order valence-corrected chi connectivity index (χ3v) is 3.58. The fourth-order valence-corrected chi connectivity index (χ4v) is 2.43. The molecular formula is C13H13BrO2. The number of rotatable bonds is 2. The first kappa shape index (κ1) is 11.4. The fourth-order valence-electron chi connectivity index (χ4n) is 2.02. The second kappa shape index (κ2) is 3.74. The molecule has 3 heteroatoms. The molecule has 16 heavy (non-hydrogen) atoms. The lowest BCUT2D eigenvalue weighted by molar-refractivity contribution is -0.143. The van der Waals surface area contributed by atoms with Crippen molar-refractivity contribution >= 4 is 27.5 Å². The third kappa shape index (κ3) is 1.69. The molecule has 0 unspecified atom stereocenters. The number of carboxylic acid groups (broad SMARTS) is 1. The van der Waals surface area contributed by atoms with Gasteiger partial charge in [-0.1, -0.05) is 28.1 Å². The fraction of sp³-hybridized carbons (Fsp3) is 0.308. The van der Waals surface area contributed by atoms with Crippen LogP contribution >= 0.6 is 15.9 Å². The summed E-state index contributed by atoms with van der Waals surface area (Å²) >= 11 is 3.42. The Morgan fingerprint density at radius 3 is 2.75 bits per heavy atom. The van der Waals surface area contributed by atoms with Crippen LogP contribution in [0.5, 0.6) is 0 Å².